The summed E-state index contributed by atoms with van der Waals surface area (Å²) in [5, 5.41) is 27.9. The van der Waals surface area contributed by atoms with Gasteiger partial charge >= 0.3 is 5.97 Å². The van der Waals surface area contributed by atoms with Crippen LogP contribution in [-0.2, 0) is 39.9 Å². The van der Waals surface area contributed by atoms with Crippen LogP contribution >= 0.6 is 12.0 Å². The van der Waals surface area contributed by atoms with Crippen molar-refractivity contribution in [3.05, 3.63) is 120 Å². The number of anilines is 3. The van der Waals surface area contributed by atoms with E-state index in [0.29, 0.717) is 38.8 Å². The highest BCUT2D eigenvalue weighted by Gasteiger charge is 2.44. The van der Waals surface area contributed by atoms with Crippen LogP contribution in [-0.4, -0.2) is 64.5 Å². The number of carbonyl (C=O) groups excluding carboxylic acids is 2. The number of allylic oxidation sites excluding steroid dienone is 8. The van der Waals surface area contributed by atoms with E-state index in [4.69, 9.17) is 9.59 Å². The van der Waals surface area contributed by atoms with Crippen molar-refractivity contribution in [3.63, 3.8) is 0 Å². The average molecular weight is 886 g/mol. The fourth-order valence-corrected chi connectivity index (χ4v) is 9.26. The Morgan fingerprint density at radius 1 is 0.790 bits per heavy atom. The maximum Gasteiger partial charge on any atom is 0.335 e. The van der Waals surface area contributed by atoms with Crippen LogP contribution in [0.15, 0.2) is 113 Å². The lowest BCUT2D eigenvalue weighted by Gasteiger charge is -2.27. The zero-order valence-electron chi connectivity index (χ0n) is 35.2. The van der Waals surface area contributed by atoms with Crippen LogP contribution in [0.25, 0.3) is 0 Å². The van der Waals surface area contributed by atoms with Crippen molar-refractivity contribution in [1.82, 2.24) is 0 Å². The quantitative estimate of drug-likeness (QED) is 0.0536. The highest BCUT2D eigenvalue weighted by atomic mass is 32.2. The lowest BCUT2D eigenvalue weighted by atomic mass is 9.81. The smallest absolute Gasteiger partial charge is 0.335 e. The number of benzene rings is 3. The van der Waals surface area contributed by atoms with Gasteiger partial charge in [0.25, 0.3) is 10.1 Å². The molecule has 0 fully saturated rings. The van der Waals surface area contributed by atoms with E-state index >= 15 is 0 Å². The minimum Gasteiger partial charge on any atom is -0.478 e. The number of hydrogen-bond donors (Lipinski definition) is 5. The zero-order valence-corrected chi connectivity index (χ0v) is 36.9. The first-order valence-corrected chi connectivity index (χ1v) is 22.7. The van der Waals surface area contributed by atoms with Crippen LogP contribution in [0.5, 0.6) is 0 Å². The van der Waals surface area contributed by atoms with Crippen LogP contribution in [0.1, 0.15) is 101 Å². The Morgan fingerprint density at radius 3 is 2.11 bits per heavy atom. The van der Waals surface area contributed by atoms with Crippen LogP contribution in [0.2, 0.25) is 0 Å². The van der Waals surface area contributed by atoms with Gasteiger partial charge < -0.3 is 20.6 Å². The van der Waals surface area contributed by atoms with E-state index in [2.05, 4.69) is 45.1 Å². The summed E-state index contributed by atoms with van der Waals surface area (Å²) in [7, 11) is -4.43. The van der Waals surface area contributed by atoms with E-state index in [1.54, 1.807) is 12.1 Å². The molecule has 0 atom stereocenters. The second-order valence-electron chi connectivity index (χ2n) is 16.5. The predicted molar refractivity (Wildman–Crippen MR) is 240 cm³/mol. The van der Waals surface area contributed by atoms with Crippen LogP contribution in [0.4, 0.5) is 22.7 Å². The number of carbonyl (C=O) groups is 3. The molecule has 0 unspecified atom stereocenters. The van der Waals surface area contributed by atoms with Crippen molar-refractivity contribution in [2.24, 2.45) is 0 Å². The highest BCUT2D eigenvalue weighted by molar-refractivity contribution is 7.94. The van der Waals surface area contributed by atoms with Gasteiger partial charge in [-0.25, -0.2) is 10.1 Å². The third kappa shape index (κ3) is 10.8. The summed E-state index contributed by atoms with van der Waals surface area (Å²) in [6.45, 7) is 9.59. The summed E-state index contributed by atoms with van der Waals surface area (Å²) in [4.78, 5) is 40.8. The number of carboxylic acids is 1. The van der Waals surface area contributed by atoms with Crippen molar-refractivity contribution in [2.45, 2.75) is 99.7 Å². The summed E-state index contributed by atoms with van der Waals surface area (Å²) in [5.41, 5.74) is 5.19. The first kappa shape index (κ1) is 46.2. The van der Waals surface area contributed by atoms with E-state index in [1.807, 2.05) is 68.5 Å². The average Bonchev–Trinajstić information content (AvgIpc) is 3.55. The molecule has 3 aliphatic rings. The predicted octanol–water partition coefficient (Wildman–Crippen LogP) is 9.50. The number of carboxylic acid groups (broad SMARTS) is 1. The topological polar surface area (TPSA) is 195 Å². The second-order valence-corrected chi connectivity index (χ2v) is 18.7. The number of nitrogens with one attached hydrogen (secondary N) is 2. The van der Waals surface area contributed by atoms with E-state index in [1.165, 1.54) is 24.3 Å². The molecule has 0 aliphatic carbocycles. The van der Waals surface area contributed by atoms with Gasteiger partial charge in [-0.15, -0.1) is 4.33 Å². The van der Waals surface area contributed by atoms with Gasteiger partial charge in [0.05, 0.1) is 27.9 Å². The molecule has 14 nitrogen and oxygen atoms in total. The van der Waals surface area contributed by atoms with Crippen LogP contribution in [0, 0.1) is 0 Å². The Labute approximate surface area is 366 Å². The number of hydrogen-bond acceptors (Lipinski definition) is 10. The molecule has 0 radical (unpaired) electrons. The second kappa shape index (κ2) is 19.8. The molecule has 3 aromatic carbocycles. The highest BCUT2D eigenvalue weighted by Crippen LogP contribution is 2.49. The molecule has 0 spiro atoms. The van der Waals surface area contributed by atoms with Gasteiger partial charge in [-0.2, -0.15) is 13.0 Å². The fourth-order valence-electron chi connectivity index (χ4n) is 8.35. The first-order valence-electron chi connectivity index (χ1n) is 20.5. The van der Waals surface area contributed by atoms with Gasteiger partial charge in [-0.3, -0.25) is 14.1 Å². The maximum atomic E-state index is 13.0. The lowest BCUT2D eigenvalue weighted by molar-refractivity contribution is -0.438. The molecule has 0 aromatic heterocycles. The Kier molecular flexibility index (Phi) is 14.7. The van der Waals surface area contributed by atoms with Crippen molar-refractivity contribution >= 4 is 68.4 Å². The number of aromatic carboxylic acids is 1. The fraction of sp³-hybridized carbons (Fsp3) is 0.348. The molecule has 5 N–H and O–H groups in total. The van der Waals surface area contributed by atoms with E-state index in [-0.39, 0.29) is 46.5 Å². The Balaban J connectivity index is 1.31. The zero-order chi connectivity index (χ0) is 44.7. The maximum absolute atomic E-state index is 13.0. The Morgan fingerprint density at radius 2 is 1.45 bits per heavy atom. The van der Waals surface area contributed by atoms with Gasteiger partial charge in [0.2, 0.25) is 17.5 Å². The molecule has 6 rings (SSSR count). The third-order valence-electron chi connectivity index (χ3n) is 11.5. The number of amides is 2. The summed E-state index contributed by atoms with van der Waals surface area (Å²) in [6, 6.07) is 14.9. The monoisotopic (exact) mass is 885 g/mol. The normalized spacial score (nSPS) is 20.2. The van der Waals surface area contributed by atoms with Crippen LogP contribution in [0.3, 0.4) is 0 Å². The summed E-state index contributed by atoms with van der Waals surface area (Å²) in [6.07, 6.45) is 18.4. The number of rotatable bonds is 5. The van der Waals surface area contributed by atoms with Crippen molar-refractivity contribution in [3.8, 4) is 0 Å². The van der Waals surface area contributed by atoms with Crippen LogP contribution < -0.4 is 15.5 Å². The minimum atomic E-state index is -4.43. The molecule has 62 heavy (non-hydrogen) atoms. The lowest BCUT2D eigenvalue weighted by Crippen LogP contribution is -2.28. The molecule has 0 saturated carbocycles. The molecular formula is C46H53N4O10S2+. The molecule has 2 bridgehead atoms. The Bertz CT molecular complexity index is 2490. The molecule has 3 heterocycles. The molecule has 3 aromatic rings. The molecule has 2 amide bonds. The van der Waals surface area contributed by atoms with Crippen molar-refractivity contribution in [2.75, 3.05) is 28.6 Å². The molecule has 3 aliphatic heterocycles. The van der Waals surface area contributed by atoms with Gasteiger partial charge in [0.15, 0.2) is 5.71 Å². The standard InChI is InChI=1S/C46H52N4O10S2/c1-45(2)36-29-34(61-60-59-55)20-22-38(36)49-24-14-8-12-18-42(51)47-32-26-31(44(53)54)27-33(28-32)48-43(52)19-13-9-15-25-50-39-23-21-35(62(56,57)58)30-37(39)46(3,4)41(50)17-11-7-5-6-10-16-40(45)49/h5-7,10-11,16-17,20-23,26-30H,8-9,12-15,18-19,24-25H2,1-4H3,(H4-,47,48,51,52,53,54,55,56,57,58)/p+1. The Hall–Kier alpha value is -5.36. The summed E-state index contributed by atoms with van der Waals surface area (Å²) < 4.78 is 41.1. The summed E-state index contributed by atoms with van der Waals surface area (Å²) >= 11 is 0.901. The third-order valence-corrected chi connectivity index (χ3v) is 12.9. The SMILES string of the molecule is CC1(C)C2=C/C=C/C=C/C=C/C3=[N+](CCCCCC(=O)Nc4cc(cc(C(=O)O)c4)NC(=O)CCCCCN2c2ccc(S(=O)(=O)O)cc21)c1ccc(SOOO)cc1C3(C)C. The molecule has 16 heteroatoms. The largest absolute Gasteiger partial charge is 0.478 e. The first-order chi connectivity index (χ1) is 29.5. The minimum absolute atomic E-state index is 0.0700. The number of fused-ring (bicyclic) bond motifs is 7. The van der Waals surface area contributed by atoms with E-state index in [9.17, 15) is 32.5 Å². The molecule has 0 saturated heterocycles. The van der Waals surface area contributed by atoms with Gasteiger partial charge in [-0.05, 0) is 99.7 Å². The summed E-state index contributed by atoms with van der Waals surface area (Å²) in [5.74, 6) is -1.74. The molecular weight excluding hydrogens is 833 g/mol. The van der Waals surface area contributed by atoms with E-state index in [0.717, 1.165) is 63.7 Å². The number of nitrogens with zero attached hydrogens (tertiary/aromatic N) is 2. The van der Waals surface area contributed by atoms with E-state index < -0.39 is 26.9 Å². The van der Waals surface area contributed by atoms with Gasteiger partial charge in [0.1, 0.15) is 6.54 Å². The van der Waals surface area contributed by atoms with Crippen molar-refractivity contribution in [1.29, 1.82) is 0 Å². The van der Waals surface area contributed by atoms with Crippen molar-refractivity contribution < 1.29 is 51.7 Å². The van der Waals surface area contributed by atoms with Gasteiger partial charge in [0, 0.05) is 76.6 Å². The molecule has 328 valence electrons. The van der Waals surface area contributed by atoms with Gasteiger partial charge in [-0.1, -0.05) is 55.7 Å².